The predicted octanol–water partition coefficient (Wildman–Crippen LogP) is 6.48. The molecular weight excluding hydrogens is 576 g/mol. The zero-order valence-corrected chi connectivity index (χ0v) is 26.8. The number of carbonyl (C=O) groups excluding carboxylic acids is 1. The standard InChI is InChI=1S/C34H41F2N7O2/c1-20(2)43-21(3)40-32-27(35)10-24(11-29(32)43)26-12-25(37-16-28(26)36)13-31-38-14-22(15-39-31)17-41-18-23-8-7-9-42(30(23)19-41)33(44)45-34(4,5)6/h10-12,14-16,20,23,30H,7-9,13,17-19H2,1-6H3/t23-,30+/m0/s1. The van der Waals surface area contributed by atoms with Crippen LogP contribution < -0.4 is 0 Å². The Morgan fingerprint density at radius 1 is 1.04 bits per heavy atom. The molecule has 0 N–H and O–H groups in total. The molecule has 2 atom stereocenters. The zero-order chi connectivity index (χ0) is 32.0. The van der Waals surface area contributed by atoms with E-state index in [0.717, 1.165) is 38.0 Å². The van der Waals surface area contributed by atoms with Gasteiger partial charge in [0.05, 0.1) is 24.2 Å². The van der Waals surface area contributed by atoms with Crippen molar-refractivity contribution in [2.45, 2.75) is 85.0 Å². The minimum Gasteiger partial charge on any atom is -0.444 e. The van der Waals surface area contributed by atoms with Gasteiger partial charge in [0.2, 0.25) is 0 Å². The van der Waals surface area contributed by atoms with Crippen LogP contribution in [0.1, 0.15) is 76.4 Å². The summed E-state index contributed by atoms with van der Waals surface area (Å²) in [6.45, 7) is 14.7. The van der Waals surface area contributed by atoms with Crippen LogP contribution in [0.25, 0.3) is 22.2 Å². The van der Waals surface area contributed by atoms with Gasteiger partial charge in [-0.2, -0.15) is 0 Å². The van der Waals surface area contributed by atoms with E-state index in [1.807, 2.05) is 63.4 Å². The van der Waals surface area contributed by atoms with Crippen molar-refractivity contribution in [2.24, 2.45) is 5.92 Å². The van der Waals surface area contributed by atoms with E-state index >= 15 is 8.78 Å². The molecule has 2 aliphatic heterocycles. The van der Waals surface area contributed by atoms with Gasteiger partial charge < -0.3 is 14.2 Å². The molecule has 1 aromatic carbocycles. The number of aromatic nitrogens is 5. The molecule has 5 heterocycles. The van der Waals surface area contributed by atoms with E-state index in [9.17, 15) is 4.79 Å². The van der Waals surface area contributed by atoms with Crippen LogP contribution in [0.15, 0.2) is 36.8 Å². The Balaban J connectivity index is 1.14. The van der Waals surface area contributed by atoms with Crippen molar-refractivity contribution in [3.8, 4) is 11.1 Å². The van der Waals surface area contributed by atoms with Gasteiger partial charge in [-0.15, -0.1) is 0 Å². The van der Waals surface area contributed by atoms with Crippen molar-refractivity contribution < 1.29 is 18.3 Å². The molecule has 2 fully saturated rings. The van der Waals surface area contributed by atoms with Gasteiger partial charge in [0.25, 0.3) is 0 Å². The molecule has 0 saturated carbocycles. The van der Waals surface area contributed by atoms with E-state index in [4.69, 9.17) is 4.74 Å². The number of carbonyl (C=O) groups is 1. The SMILES string of the molecule is Cc1nc2c(F)cc(-c3cc(Cc4ncc(CN5C[C@@H]6CCCN(C(=O)OC(C)(C)C)[C@@H]6C5)cn4)ncc3F)cc2n1C(C)C. The Bertz CT molecular complexity index is 1710. The maximum Gasteiger partial charge on any atom is 0.410 e. The second-order valence-electron chi connectivity index (χ2n) is 13.6. The van der Waals surface area contributed by atoms with Gasteiger partial charge in [0.1, 0.15) is 28.6 Å². The van der Waals surface area contributed by atoms with Crippen molar-refractivity contribution in [3.05, 3.63) is 71.3 Å². The van der Waals surface area contributed by atoms with E-state index < -0.39 is 17.2 Å². The van der Waals surface area contributed by atoms with Crippen LogP contribution in [0.3, 0.4) is 0 Å². The van der Waals surface area contributed by atoms with Crippen LogP contribution in [-0.2, 0) is 17.7 Å². The number of benzene rings is 1. The van der Waals surface area contributed by atoms with Crippen molar-refractivity contribution in [1.82, 2.24) is 34.3 Å². The highest BCUT2D eigenvalue weighted by Gasteiger charge is 2.42. The molecule has 0 unspecified atom stereocenters. The lowest BCUT2D eigenvalue weighted by Crippen LogP contribution is -2.50. The first-order valence-electron chi connectivity index (χ1n) is 15.7. The summed E-state index contributed by atoms with van der Waals surface area (Å²) >= 11 is 0. The fourth-order valence-electron chi connectivity index (χ4n) is 6.79. The third-order valence-electron chi connectivity index (χ3n) is 8.65. The highest BCUT2D eigenvalue weighted by Crippen LogP contribution is 2.33. The molecule has 6 rings (SSSR count). The summed E-state index contributed by atoms with van der Waals surface area (Å²) in [5.74, 6) is 0.673. The Labute approximate surface area is 262 Å². The number of rotatable bonds is 6. The maximum absolute atomic E-state index is 15.1. The molecule has 0 spiro atoms. The molecule has 11 heteroatoms. The Kier molecular flexibility index (Phi) is 8.32. The van der Waals surface area contributed by atoms with Crippen molar-refractivity contribution in [1.29, 1.82) is 0 Å². The lowest BCUT2D eigenvalue weighted by Gasteiger charge is -2.37. The normalized spacial score (nSPS) is 19.0. The van der Waals surface area contributed by atoms with Crippen LogP contribution in [0, 0.1) is 24.5 Å². The number of aryl methyl sites for hydroxylation is 1. The number of likely N-dealkylation sites (tertiary alicyclic amines) is 2. The average molecular weight is 618 g/mol. The van der Waals surface area contributed by atoms with E-state index in [0.29, 0.717) is 47.3 Å². The van der Waals surface area contributed by atoms with Gasteiger partial charge in [0.15, 0.2) is 5.82 Å². The largest absolute Gasteiger partial charge is 0.444 e. The summed E-state index contributed by atoms with van der Waals surface area (Å²) in [6.07, 6.45) is 6.96. The van der Waals surface area contributed by atoms with Gasteiger partial charge in [-0.05, 0) is 84.1 Å². The maximum atomic E-state index is 15.1. The highest BCUT2D eigenvalue weighted by atomic mass is 19.1. The van der Waals surface area contributed by atoms with Crippen LogP contribution in [0.2, 0.25) is 0 Å². The molecule has 9 nitrogen and oxygen atoms in total. The van der Waals surface area contributed by atoms with Crippen molar-refractivity contribution in [2.75, 3.05) is 19.6 Å². The van der Waals surface area contributed by atoms with Gasteiger partial charge in [-0.25, -0.2) is 28.5 Å². The van der Waals surface area contributed by atoms with Crippen LogP contribution in [0.4, 0.5) is 13.6 Å². The van der Waals surface area contributed by atoms with Crippen LogP contribution >= 0.6 is 0 Å². The molecule has 2 aliphatic rings. The third kappa shape index (κ3) is 6.54. The van der Waals surface area contributed by atoms with Crippen molar-refractivity contribution >= 4 is 17.1 Å². The van der Waals surface area contributed by atoms with Gasteiger partial charge >= 0.3 is 6.09 Å². The van der Waals surface area contributed by atoms with Gasteiger partial charge in [-0.3, -0.25) is 9.88 Å². The molecule has 238 valence electrons. The summed E-state index contributed by atoms with van der Waals surface area (Å²) in [5.41, 5.74) is 2.65. The lowest BCUT2D eigenvalue weighted by atomic mass is 9.92. The Hall–Kier alpha value is -3.99. The summed E-state index contributed by atoms with van der Waals surface area (Å²) < 4.78 is 37.7. The number of amides is 1. The van der Waals surface area contributed by atoms with Crippen LogP contribution in [0.5, 0.6) is 0 Å². The molecule has 3 aromatic heterocycles. The molecule has 45 heavy (non-hydrogen) atoms. The fourth-order valence-corrected chi connectivity index (χ4v) is 6.79. The number of fused-ring (bicyclic) bond motifs is 2. The fraction of sp³-hybridized carbons (Fsp3) is 0.500. The summed E-state index contributed by atoms with van der Waals surface area (Å²) in [6, 6.07) is 4.97. The molecule has 2 saturated heterocycles. The number of piperidine rings is 1. The lowest BCUT2D eigenvalue weighted by molar-refractivity contribution is 0.00620. The Morgan fingerprint density at radius 2 is 1.80 bits per heavy atom. The highest BCUT2D eigenvalue weighted by molar-refractivity contribution is 5.83. The van der Waals surface area contributed by atoms with E-state index in [2.05, 4.69) is 24.8 Å². The van der Waals surface area contributed by atoms with Gasteiger partial charge in [0, 0.05) is 61.4 Å². The number of hydrogen-bond donors (Lipinski definition) is 0. The quantitative estimate of drug-likeness (QED) is 0.245. The molecular formula is C34H41F2N7O2. The Morgan fingerprint density at radius 3 is 2.51 bits per heavy atom. The molecule has 0 bridgehead atoms. The van der Waals surface area contributed by atoms with Crippen LogP contribution in [-0.4, -0.2) is 71.7 Å². The summed E-state index contributed by atoms with van der Waals surface area (Å²) in [4.78, 5) is 34.9. The summed E-state index contributed by atoms with van der Waals surface area (Å²) in [5, 5.41) is 0. The smallest absolute Gasteiger partial charge is 0.410 e. The molecule has 0 aliphatic carbocycles. The monoisotopic (exact) mass is 617 g/mol. The van der Waals surface area contributed by atoms with E-state index in [1.165, 1.54) is 12.3 Å². The van der Waals surface area contributed by atoms with Crippen molar-refractivity contribution in [3.63, 3.8) is 0 Å². The minimum atomic E-state index is -0.530. The van der Waals surface area contributed by atoms with E-state index in [1.54, 1.807) is 12.1 Å². The zero-order valence-electron chi connectivity index (χ0n) is 26.8. The molecule has 4 aromatic rings. The predicted molar refractivity (Wildman–Crippen MR) is 168 cm³/mol. The molecule has 0 radical (unpaired) electrons. The molecule has 1 amide bonds. The number of hydrogen-bond acceptors (Lipinski definition) is 7. The number of imidazole rings is 1. The topological polar surface area (TPSA) is 89.3 Å². The summed E-state index contributed by atoms with van der Waals surface area (Å²) in [7, 11) is 0. The number of ether oxygens (including phenoxy) is 1. The third-order valence-corrected chi connectivity index (χ3v) is 8.65. The minimum absolute atomic E-state index is 0.0733. The number of pyridine rings is 1. The first-order chi connectivity index (χ1) is 21.4. The second kappa shape index (κ2) is 12.1. The number of nitrogens with zero attached hydrogens (tertiary/aromatic N) is 7. The van der Waals surface area contributed by atoms with Gasteiger partial charge in [-0.1, -0.05) is 0 Å². The first kappa shape index (κ1) is 31.0. The van der Waals surface area contributed by atoms with E-state index in [-0.39, 0.29) is 29.3 Å². The first-order valence-corrected chi connectivity index (χ1v) is 15.7. The number of halogens is 2. The average Bonchev–Trinajstić information content (AvgIpc) is 3.54. The second-order valence-corrected chi connectivity index (χ2v) is 13.6.